The van der Waals surface area contributed by atoms with Crippen LogP contribution < -0.4 is 10.0 Å². The molecule has 0 bridgehead atoms. The Hall–Kier alpha value is -2.96. The summed E-state index contributed by atoms with van der Waals surface area (Å²) in [5, 5.41) is 2.81. The van der Waals surface area contributed by atoms with Crippen LogP contribution in [-0.2, 0) is 16.6 Å². The number of benzene rings is 3. The Kier molecular flexibility index (Phi) is 5.92. The van der Waals surface area contributed by atoms with E-state index < -0.39 is 10.0 Å². The maximum atomic E-state index is 12.5. The Balaban J connectivity index is 1.64. The third kappa shape index (κ3) is 4.85. The lowest BCUT2D eigenvalue weighted by atomic mass is 10.1. The van der Waals surface area contributed by atoms with Crippen LogP contribution in [-0.4, -0.2) is 14.3 Å². The highest BCUT2D eigenvalue weighted by Gasteiger charge is 2.14. The number of carbonyl (C=O) groups is 1. The van der Waals surface area contributed by atoms with Crippen LogP contribution >= 0.6 is 0 Å². The first kappa shape index (κ1) is 19.8. The number of sulfonamides is 1. The summed E-state index contributed by atoms with van der Waals surface area (Å²) in [6.45, 7) is 3.97. The van der Waals surface area contributed by atoms with Crippen molar-refractivity contribution in [2.75, 3.05) is 5.32 Å². The van der Waals surface area contributed by atoms with Gasteiger partial charge in [0.15, 0.2) is 0 Å². The fourth-order valence-corrected chi connectivity index (χ4v) is 3.74. The Labute approximate surface area is 165 Å². The quantitative estimate of drug-likeness (QED) is 0.663. The van der Waals surface area contributed by atoms with Gasteiger partial charge in [0.05, 0.1) is 4.90 Å². The molecule has 1 amide bonds. The molecule has 0 aliphatic rings. The molecule has 0 heterocycles. The van der Waals surface area contributed by atoms with Gasteiger partial charge in [-0.1, -0.05) is 36.4 Å². The summed E-state index contributed by atoms with van der Waals surface area (Å²) in [6.07, 6.45) is 0. The van der Waals surface area contributed by atoms with E-state index in [0.717, 1.165) is 22.4 Å². The van der Waals surface area contributed by atoms with Crippen LogP contribution in [0.5, 0.6) is 0 Å². The Bertz CT molecular complexity index is 1080. The van der Waals surface area contributed by atoms with Crippen LogP contribution in [0.15, 0.2) is 77.7 Å². The van der Waals surface area contributed by atoms with E-state index >= 15 is 0 Å². The second kappa shape index (κ2) is 8.37. The molecule has 5 nitrogen and oxygen atoms in total. The molecule has 0 fully saturated rings. The third-order valence-corrected chi connectivity index (χ3v) is 5.90. The zero-order valence-corrected chi connectivity index (χ0v) is 16.6. The largest absolute Gasteiger partial charge is 0.322 e. The second-order valence-corrected chi connectivity index (χ2v) is 8.35. The molecular weight excluding hydrogens is 372 g/mol. The average molecular weight is 394 g/mol. The van der Waals surface area contributed by atoms with Gasteiger partial charge in [-0.05, 0) is 66.9 Å². The van der Waals surface area contributed by atoms with Crippen molar-refractivity contribution in [2.24, 2.45) is 0 Å². The number of hydrogen-bond donors (Lipinski definition) is 2. The van der Waals surface area contributed by atoms with Crippen molar-refractivity contribution in [1.29, 1.82) is 0 Å². The molecule has 0 saturated heterocycles. The van der Waals surface area contributed by atoms with E-state index in [-0.39, 0.29) is 17.3 Å². The third-order valence-electron chi connectivity index (χ3n) is 4.50. The van der Waals surface area contributed by atoms with Crippen LogP contribution in [0.1, 0.15) is 27.0 Å². The molecule has 0 saturated carbocycles. The summed E-state index contributed by atoms with van der Waals surface area (Å²) in [6, 6.07) is 21.1. The van der Waals surface area contributed by atoms with Crippen molar-refractivity contribution in [2.45, 2.75) is 25.3 Å². The molecule has 28 heavy (non-hydrogen) atoms. The zero-order chi connectivity index (χ0) is 20.1. The van der Waals surface area contributed by atoms with Crippen LogP contribution in [0, 0.1) is 13.8 Å². The minimum atomic E-state index is -3.59. The molecule has 0 unspecified atom stereocenters. The Morgan fingerprint density at radius 1 is 0.857 bits per heavy atom. The van der Waals surface area contributed by atoms with E-state index in [2.05, 4.69) is 10.0 Å². The molecular formula is C22H22N2O3S. The van der Waals surface area contributed by atoms with Crippen LogP contribution in [0.3, 0.4) is 0 Å². The fraction of sp³-hybridized carbons (Fsp3) is 0.136. The van der Waals surface area contributed by atoms with Crippen molar-refractivity contribution >= 4 is 21.6 Å². The van der Waals surface area contributed by atoms with Gasteiger partial charge in [-0.3, -0.25) is 4.79 Å². The lowest BCUT2D eigenvalue weighted by Gasteiger charge is -2.09. The molecule has 0 aromatic heterocycles. The molecule has 6 heteroatoms. The monoisotopic (exact) mass is 394 g/mol. The molecule has 3 aromatic rings. The smallest absolute Gasteiger partial charge is 0.255 e. The highest BCUT2D eigenvalue weighted by atomic mass is 32.2. The van der Waals surface area contributed by atoms with E-state index in [1.54, 1.807) is 42.5 Å². The highest BCUT2D eigenvalue weighted by Crippen LogP contribution is 2.15. The first-order chi connectivity index (χ1) is 13.3. The van der Waals surface area contributed by atoms with Crippen molar-refractivity contribution in [1.82, 2.24) is 4.72 Å². The molecule has 0 atom stereocenters. The number of nitrogens with one attached hydrogen (secondary N) is 2. The number of amides is 1. The van der Waals surface area contributed by atoms with Crippen molar-refractivity contribution in [3.8, 4) is 0 Å². The number of aryl methyl sites for hydroxylation is 2. The number of anilines is 1. The van der Waals surface area contributed by atoms with E-state index in [0.29, 0.717) is 5.56 Å². The van der Waals surface area contributed by atoms with Gasteiger partial charge in [0, 0.05) is 17.8 Å². The molecule has 144 valence electrons. The zero-order valence-electron chi connectivity index (χ0n) is 15.8. The Morgan fingerprint density at radius 3 is 2.18 bits per heavy atom. The van der Waals surface area contributed by atoms with E-state index in [9.17, 15) is 13.2 Å². The van der Waals surface area contributed by atoms with Crippen LogP contribution in [0.2, 0.25) is 0 Å². The molecule has 0 aliphatic heterocycles. The van der Waals surface area contributed by atoms with Gasteiger partial charge >= 0.3 is 0 Å². The predicted octanol–water partition coefficient (Wildman–Crippen LogP) is 4.03. The minimum absolute atomic E-state index is 0.149. The summed E-state index contributed by atoms with van der Waals surface area (Å²) < 4.78 is 27.5. The van der Waals surface area contributed by atoms with Crippen LogP contribution in [0.4, 0.5) is 5.69 Å². The summed E-state index contributed by atoms with van der Waals surface area (Å²) >= 11 is 0. The number of rotatable bonds is 6. The fourth-order valence-electron chi connectivity index (χ4n) is 2.64. The van der Waals surface area contributed by atoms with Gasteiger partial charge in [0.1, 0.15) is 0 Å². The SMILES string of the molecule is Cc1ccc(S(=O)(=O)NCc2ccc(C(=O)Nc3ccccc3)cc2)cc1C. The van der Waals surface area contributed by atoms with Gasteiger partial charge in [0.2, 0.25) is 10.0 Å². The lowest BCUT2D eigenvalue weighted by Crippen LogP contribution is -2.23. The van der Waals surface area contributed by atoms with Gasteiger partial charge in [-0.15, -0.1) is 0 Å². The minimum Gasteiger partial charge on any atom is -0.322 e. The Morgan fingerprint density at radius 2 is 1.54 bits per heavy atom. The van der Waals surface area contributed by atoms with Gasteiger partial charge < -0.3 is 5.32 Å². The summed E-state index contributed by atoms with van der Waals surface area (Å²) in [5.74, 6) is -0.214. The first-order valence-electron chi connectivity index (χ1n) is 8.87. The maximum absolute atomic E-state index is 12.5. The lowest BCUT2D eigenvalue weighted by molar-refractivity contribution is 0.102. The molecule has 0 spiro atoms. The first-order valence-corrected chi connectivity index (χ1v) is 10.4. The normalized spacial score (nSPS) is 11.2. The predicted molar refractivity (Wildman–Crippen MR) is 111 cm³/mol. The molecule has 3 rings (SSSR count). The van der Waals surface area contributed by atoms with Crippen molar-refractivity contribution in [3.63, 3.8) is 0 Å². The molecule has 0 aliphatic carbocycles. The molecule has 0 radical (unpaired) electrons. The second-order valence-electron chi connectivity index (χ2n) is 6.59. The summed E-state index contributed by atoms with van der Waals surface area (Å²) in [5.41, 5.74) is 3.96. The standard InChI is InChI=1S/C22H22N2O3S/c1-16-8-13-21(14-17(16)2)28(26,27)23-15-18-9-11-19(12-10-18)22(25)24-20-6-4-3-5-7-20/h3-14,23H,15H2,1-2H3,(H,24,25). The van der Waals surface area contributed by atoms with Crippen LogP contribution in [0.25, 0.3) is 0 Å². The van der Waals surface area contributed by atoms with E-state index in [1.165, 1.54) is 0 Å². The highest BCUT2D eigenvalue weighted by molar-refractivity contribution is 7.89. The van der Waals surface area contributed by atoms with Crippen molar-refractivity contribution in [3.05, 3.63) is 95.1 Å². The summed E-state index contributed by atoms with van der Waals surface area (Å²) in [4.78, 5) is 12.5. The average Bonchev–Trinajstić information content (AvgIpc) is 2.69. The number of hydrogen-bond acceptors (Lipinski definition) is 3. The van der Waals surface area contributed by atoms with Gasteiger partial charge in [0.25, 0.3) is 5.91 Å². The number of carbonyl (C=O) groups excluding carboxylic acids is 1. The number of para-hydroxylation sites is 1. The van der Waals surface area contributed by atoms with Gasteiger partial charge in [-0.2, -0.15) is 0 Å². The topological polar surface area (TPSA) is 75.3 Å². The molecule has 2 N–H and O–H groups in total. The van der Waals surface area contributed by atoms with Crippen molar-refractivity contribution < 1.29 is 13.2 Å². The summed E-state index contributed by atoms with van der Waals surface area (Å²) in [7, 11) is -3.59. The maximum Gasteiger partial charge on any atom is 0.255 e. The molecule has 3 aromatic carbocycles. The van der Waals surface area contributed by atoms with Gasteiger partial charge in [-0.25, -0.2) is 13.1 Å². The van der Waals surface area contributed by atoms with E-state index in [1.807, 2.05) is 44.2 Å². The van der Waals surface area contributed by atoms with E-state index in [4.69, 9.17) is 0 Å².